The van der Waals surface area contributed by atoms with Gasteiger partial charge < -0.3 is 4.74 Å². The van der Waals surface area contributed by atoms with Gasteiger partial charge in [-0.25, -0.2) is 8.78 Å². The fraction of sp³-hybridized carbons (Fsp3) is 0.174. The molecule has 2 aromatic carbocycles. The van der Waals surface area contributed by atoms with E-state index in [1.54, 1.807) is 12.1 Å². The van der Waals surface area contributed by atoms with Crippen molar-refractivity contribution in [2.75, 3.05) is 0 Å². The number of carbonyl (C=O) groups is 1. The van der Waals surface area contributed by atoms with E-state index in [0.29, 0.717) is 11.3 Å². The third-order valence-corrected chi connectivity index (χ3v) is 4.53. The Morgan fingerprint density at radius 1 is 1.18 bits per heavy atom. The number of hydrogen-bond acceptors (Lipinski definition) is 2. The lowest BCUT2D eigenvalue weighted by Crippen LogP contribution is -2.10. The minimum absolute atomic E-state index is 0.125. The molecule has 3 rings (SSSR count). The Kier molecular flexibility index (Phi) is 6.42. The zero-order valence-corrected chi connectivity index (χ0v) is 16.0. The molecule has 1 aliphatic rings. The topological polar surface area (TPSA) is 26.3 Å². The van der Waals surface area contributed by atoms with Gasteiger partial charge in [-0.05, 0) is 72.8 Å². The van der Waals surface area contributed by atoms with Gasteiger partial charge in [-0.15, -0.1) is 0 Å². The van der Waals surface area contributed by atoms with Crippen molar-refractivity contribution in [2.45, 2.75) is 25.9 Å². The van der Waals surface area contributed by atoms with Gasteiger partial charge >= 0.3 is 0 Å². The van der Waals surface area contributed by atoms with E-state index >= 15 is 0 Å². The molecule has 1 unspecified atom stereocenters. The SMILES string of the molecule is CC(/C=C/C1=CCCC=C1)Oc1ccc(-c2ccc(F)cc2F)cc1C(=O)Cl. The summed E-state index contributed by atoms with van der Waals surface area (Å²) in [6, 6.07) is 7.90. The molecule has 144 valence electrons. The first-order chi connectivity index (χ1) is 13.4. The number of benzene rings is 2. The summed E-state index contributed by atoms with van der Waals surface area (Å²) in [7, 11) is 0. The van der Waals surface area contributed by atoms with E-state index in [1.807, 2.05) is 25.2 Å². The first-order valence-electron chi connectivity index (χ1n) is 8.95. The van der Waals surface area contributed by atoms with E-state index in [2.05, 4.69) is 12.2 Å². The Labute approximate surface area is 167 Å². The van der Waals surface area contributed by atoms with Gasteiger partial charge in [0, 0.05) is 11.6 Å². The molecule has 1 aliphatic carbocycles. The molecule has 0 aromatic heterocycles. The van der Waals surface area contributed by atoms with Crippen LogP contribution in [0.15, 0.2) is 72.4 Å². The molecule has 0 N–H and O–H groups in total. The Bertz CT molecular complexity index is 977. The van der Waals surface area contributed by atoms with Crippen LogP contribution in [0.5, 0.6) is 5.75 Å². The summed E-state index contributed by atoms with van der Waals surface area (Å²) >= 11 is 5.71. The summed E-state index contributed by atoms with van der Waals surface area (Å²) in [5, 5.41) is -0.714. The van der Waals surface area contributed by atoms with Crippen LogP contribution in [0.25, 0.3) is 11.1 Å². The van der Waals surface area contributed by atoms with Crippen LogP contribution in [0.4, 0.5) is 8.78 Å². The van der Waals surface area contributed by atoms with Crippen LogP contribution in [-0.4, -0.2) is 11.3 Å². The third-order valence-electron chi connectivity index (χ3n) is 4.33. The maximum Gasteiger partial charge on any atom is 0.256 e. The van der Waals surface area contributed by atoms with Crippen molar-refractivity contribution < 1.29 is 18.3 Å². The normalized spacial score (nSPS) is 14.8. The first kappa shape index (κ1) is 20.0. The minimum atomic E-state index is -0.716. The molecule has 2 nitrogen and oxygen atoms in total. The molecule has 0 aliphatic heterocycles. The van der Waals surface area contributed by atoms with E-state index in [0.717, 1.165) is 30.5 Å². The lowest BCUT2D eigenvalue weighted by molar-refractivity contribution is 0.107. The minimum Gasteiger partial charge on any atom is -0.486 e. The molecule has 1 atom stereocenters. The molecule has 0 saturated heterocycles. The molecule has 0 saturated carbocycles. The Hall–Kier alpha value is -2.72. The second-order valence-corrected chi connectivity index (χ2v) is 6.82. The molecule has 0 spiro atoms. The van der Waals surface area contributed by atoms with Gasteiger partial charge in [-0.1, -0.05) is 30.4 Å². The van der Waals surface area contributed by atoms with Crippen LogP contribution in [0.3, 0.4) is 0 Å². The van der Waals surface area contributed by atoms with Gasteiger partial charge in [0.2, 0.25) is 0 Å². The summed E-state index contributed by atoms with van der Waals surface area (Å²) in [4.78, 5) is 11.9. The molecular weight excluding hydrogens is 382 g/mol. The smallest absolute Gasteiger partial charge is 0.256 e. The number of rotatable bonds is 6. The summed E-state index contributed by atoms with van der Waals surface area (Å²) in [6.45, 7) is 1.85. The molecular formula is C23H19ClF2O2. The highest BCUT2D eigenvalue weighted by atomic mass is 35.5. The van der Waals surface area contributed by atoms with Crippen molar-refractivity contribution in [3.05, 3.63) is 89.5 Å². The Balaban J connectivity index is 1.83. The maximum atomic E-state index is 14.0. The van der Waals surface area contributed by atoms with Gasteiger partial charge in [-0.2, -0.15) is 0 Å². The third kappa shape index (κ3) is 4.96. The van der Waals surface area contributed by atoms with Crippen molar-refractivity contribution in [2.24, 2.45) is 0 Å². The quantitative estimate of drug-likeness (QED) is 0.510. The molecule has 28 heavy (non-hydrogen) atoms. The highest BCUT2D eigenvalue weighted by Crippen LogP contribution is 2.30. The predicted molar refractivity (Wildman–Crippen MR) is 108 cm³/mol. The number of carbonyl (C=O) groups excluding carboxylic acids is 1. The van der Waals surface area contributed by atoms with Crippen molar-refractivity contribution in [3.8, 4) is 16.9 Å². The molecule has 0 bridgehead atoms. The second-order valence-electron chi connectivity index (χ2n) is 6.47. The van der Waals surface area contributed by atoms with Gasteiger partial charge in [0.15, 0.2) is 0 Å². The summed E-state index contributed by atoms with van der Waals surface area (Å²) in [5.41, 5.74) is 1.82. The predicted octanol–water partition coefficient (Wildman–Crippen LogP) is 6.61. The Morgan fingerprint density at radius 3 is 2.68 bits per heavy atom. The van der Waals surface area contributed by atoms with Crippen LogP contribution < -0.4 is 4.74 Å². The zero-order valence-electron chi connectivity index (χ0n) is 15.3. The van der Waals surface area contributed by atoms with Crippen LogP contribution in [0.2, 0.25) is 0 Å². The monoisotopic (exact) mass is 400 g/mol. The lowest BCUT2D eigenvalue weighted by atomic mass is 10.0. The molecule has 0 radical (unpaired) electrons. The van der Waals surface area contributed by atoms with Crippen molar-refractivity contribution in [3.63, 3.8) is 0 Å². The number of ether oxygens (including phenoxy) is 1. The van der Waals surface area contributed by atoms with Gasteiger partial charge in [0.25, 0.3) is 5.24 Å². The highest BCUT2D eigenvalue weighted by Gasteiger charge is 2.16. The maximum absolute atomic E-state index is 14.0. The zero-order chi connectivity index (χ0) is 20.1. The average Bonchev–Trinajstić information content (AvgIpc) is 2.67. The summed E-state index contributed by atoms with van der Waals surface area (Å²) in [6.07, 6.45) is 11.9. The molecule has 5 heteroatoms. The van der Waals surface area contributed by atoms with E-state index in [1.165, 1.54) is 12.1 Å². The Morgan fingerprint density at radius 2 is 2.00 bits per heavy atom. The lowest BCUT2D eigenvalue weighted by Gasteiger charge is -2.15. The number of hydrogen-bond donors (Lipinski definition) is 0. The second kappa shape index (κ2) is 8.98. The fourth-order valence-corrected chi connectivity index (χ4v) is 3.07. The van der Waals surface area contributed by atoms with E-state index < -0.39 is 16.9 Å². The number of allylic oxidation sites excluding steroid dienone is 5. The van der Waals surface area contributed by atoms with Crippen LogP contribution >= 0.6 is 11.6 Å². The average molecular weight is 401 g/mol. The van der Waals surface area contributed by atoms with Crippen molar-refractivity contribution in [1.29, 1.82) is 0 Å². The van der Waals surface area contributed by atoms with E-state index in [4.69, 9.17) is 16.3 Å². The molecule has 0 heterocycles. The molecule has 2 aromatic rings. The fourth-order valence-electron chi connectivity index (χ4n) is 2.92. The number of halogens is 3. The standard InChI is InChI=1S/C23H19ClF2O2/c1-15(7-8-16-5-3-2-4-6-16)28-22-12-9-17(13-20(22)23(24)27)19-11-10-18(25)14-21(19)26/h3,5-15H,2,4H2,1H3/b8-7+. The van der Waals surface area contributed by atoms with Gasteiger partial charge in [-0.3, -0.25) is 4.79 Å². The summed E-state index contributed by atoms with van der Waals surface area (Å²) < 4.78 is 33.0. The van der Waals surface area contributed by atoms with Crippen molar-refractivity contribution >= 4 is 16.8 Å². The van der Waals surface area contributed by atoms with Gasteiger partial charge in [0.05, 0.1) is 5.56 Å². The first-order valence-corrected chi connectivity index (χ1v) is 9.32. The highest BCUT2D eigenvalue weighted by molar-refractivity contribution is 6.68. The summed E-state index contributed by atoms with van der Waals surface area (Å²) in [5.74, 6) is -1.08. The van der Waals surface area contributed by atoms with Crippen LogP contribution in [0, 0.1) is 11.6 Å². The van der Waals surface area contributed by atoms with E-state index in [9.17, 15) is 13.6 Å². The van der Waals surface area contributed by atoms with Crippen LogP contribution in [-0.2, 0) is 0 Å². The van der Waals surface area contributed by atoms with Crippen LogP contribution in [0.1, 0.15) is 30.1 Å². The van der Waals surface area contributed by atoms with E-state index in [-0.39, 0.29) is 17.2 Å². The molecule has 0 fully saturated rings. The van der Waals surface area contributed by atoms with Gasteiger partial charge in [0.1, 0.15) is 23.5 Å². The molecule has 0 amide bonds. The largest absolute Gasteiger partial charge is 0.486 e. The van der Waals surface area contributed by atoms with Crippen molar-refractivity contribution in [1.82, 2.24) is 0 Å².